The molecule has 0 fully saturated rings. The first-order chi connectivity index (χ1) is 20.1. The monoisotopic (exact) mass is 549 g/mol. The molecule has 0 bridgehead atoms. The minimum atomic E-state index is -0.262. The van der Waals surface area contributed by atoms with Crippen molar-refractivity contribution in [2.45, 2.75) is 32.0 Å². The summed E-state index contributed by atoms with van der Waals surface area (Å²) in [6, 6.07) is 20.9. The highest BCUT2D eigenvalue weighted by molar-refractivity contribution is 5.83. The first kappa shape index (κ1) is 24.3. The fourth-order valence-corrected chi connectivity index (χ4v) is 6.68. The number of benzene rings is 4. The Labute approximate surface area is 236 Å². The van der Waals surface area contributed by atoms with Crippen LogP contribution >= 0.6 is 0 Å². The van der Waals surface area contributed by atoms with Gasteiger partial charge < -0.3 is 23.9 Å². The van der Waals surface area contributed by atoms with Crippen molar-refractivity contribution >= 4 is 11.0 Å². The summed E-state index contributed by atoms with van der Waals surface area (Å²) in [4.78, 5) is 7.53. The van der Waals surface area contributed by atoms with Gasteiger partial charge in [-0.15, -0.1) is 0 Å². The lowest BCUT2D eigenvalue weighted by Gasteiger charge is -2.42. The van der Waals surface area contributed by atoms with Crippen molar-refractivity contribution in [3.8, 4) is 34.4 Å². The molecule has 0 saturated heterocycles. The Hall–Kier alpha value is -4.56. The minimum Gasteiger partial charge on any atom is -0.504 e. The van der Waals surface area contributed by atoms with Gasteiger partial charge >= 0.3 is 0 Å². The number of hydrogen-bond donors (Lipinski definition) is 1. The maximum absolute atomic E-state index is 13.7. The summed E-state index contributed by atoms with van der Waals surface area (Å²) in [5.74, 6) is 2.74. The van der Waals surface area contributed by atoms with Gasteiger partial charge in [-0.25, -0.2) is 9.37 Å². The summed E-state index contributed by atoms with van der Waals surface area (Å²) in [5, 5.41) is 11.3. The van der Waals surface area contributed by atoms with Gasteiger partial charge in [0.15, 0.2) is 23.0 Å². The van der Waals surface area contributed by atoms with Crippen molar-refractivity contribution in [1.82, 2.24) is 14.5 Å². The first-order valence-corrected chi connectivity index (χ1v) is 13.9. The number of aromatic nitrogens is 2. The lowest BCUT2D eigenvalue weighted by molar-refractivity contribution is 0.158. The van der Waals surface area contributed by atoms with Crippen LogP contribution in [0.25, 0.3) is 22.4 Å². The molecule has 0 aliphatic carbocycles. The van der Waals surface area contributed by atoms with E-state index in [0.29, 0.717) is 25.3 Å². The Morgan fingerprint density at radius 1 is 1.02 bits per heavy atom. The van der Waals surface area contributed by atoms with E-state index < -0.39 is 0 Å². The van der Waals surface area contributed by atoms with Crippen molar-refractivity contribution in [3.63, 3.8) is 0 Å². The zero-order valence-electron chi connectivity index (χ0n) is 22.6. The highest BCUT2D eigenvalue weighted by atomic mass is 19.1. The molecule has 0 saturated carbocycles. The number of fused-ring (bicyclic) bond motifs is 6. The normalized spacial score (nSPS) is 17.3. The highest BCUT2D eigenvalue weighted by Crippen LogP contribution is 2.49. The third-order valence-corrected chi connectivity index (χ3v) is 8.71. The van der Waals surface area contributed by atoms with Crippen LogP contribution in [0.2, 0.25) is 0 Å². The molecular formula is C33H28FN3O4. The van der Waals surface area contributed by atoms with Gasteiger partial charge in [-0.05, 0) is 77.6 Å². The Balaban J connectivity index is 1.30. The number of rotatable bonds is 4. The average molecular weight is 550 g/mol. The van der Waals surface area contributed by atoms with Crippen molar-refractivity contribution in [2.24, 2.45) is 0 Å². The van der Waals surface area contributed by atoms with E-state index in [0.717, 1.165) is 63.6 Å². The minimum absolute atomic E-state index is 0.127. The molecule has 206 valence electrons. The van der Waals surface area contributed by atoms with Crippen LogP contribution in [-0.4, -0.2) is 40.0 Å². The summed E-state index contributed by atoms with van der Waals surface area (Å²) in [7, 11) is 1.58. The fourth-order valence-electron chi connectivity index (χ4n) is 6.68. The topological polar surface area (TPSA) is 69.0 Å². The van der Waals surface area contributed by atoms with Crippen molar-refractivity contribution in [1.29, 1.82) is 0 Å². The van der Waals surface area contributed by atoms with Crippen LogP contribution in [0.1, 0.15) is 33.9 Å². The number of hydrogen-bond acceptors (Lipinski definition) is 6. The van der Waals surface area contributed by atoms with Crippen molar-refractivity contribution in [3.05, 3.63) is 100 Å². The molecule has 5 aromatic rings. The van der Waals surface area contributed by atoms with Gasteiger partial charge in [0.1, 0.15) is 11.6 Å². The van der Waals surface area contributed by atoms with Gasteiger partial charge in [0.05, 0.1) is 18.1 Å². The molecule has 7 nitrogen and oxygen atoms in total. The smallest absolute Gasteiger partial charge is 0.231 e. The molecule has 4 aromatic carbocycles. The number of methoxy groups -OCH3 is 1. The zero-order valence-corrected chi connectivity index (χ0v) is 22.6. The number of halogens is 1. The number of phenols is 1. The second-order valence-electron chi connectivity index (χ2n) is 10.9. The van der Waals surface area contributed by atoms with Crippen LogP contribution in [0.5, 0.6) is 23.0 Å². The highest BCUT2D eigenvalue weighted by Gasteiger charge is 2.37. The van der Waals surface area contributed by atoms with Crippen LogP contribution in [0, 0.1) is 5.82 Å². The number of para-hydroxylation sites is 2. The standard InChI is InChI=1S/C33H28FN3O4/c1-39-31-15-24(33-35-26-4-2-3-5-27(26)37(33)16-19-6-8-21(34)9-7-19)23-13-28-22-14-30-29(40-18-41-30)12-20(22)10-11-36(28)17-25(23)32(31)38/h2-9,12,14-15,28,38H,10-11,13,16-18H2,1H3. The Morgan fingerprint density at radius 2 is 1.83 bits per heavy atom. The van der Waals surface area contributed by atoms with Crippen LogP contribution in [0.4, 0.5) is 4.39 Å². The quantitative estimate of drug-likeness (QED) is 0.297. The second kappa shape index (κ2) is 9.24. The molecule has 1 atom stereocenters. The fraction of sp³-hybridized carbons (Fsp3) is 0.242. The van der Waals surface area contributed by atoms with Gasteiger partial charge in [0.2, 0.25) is 6.79 Å². The first-order valence-electron chi connectivity index (χ1n) is 13.9. The van der Waals surface area contributed by atoms with Crippen molar-refractivity contribution < 1.29 is 23.7 Å². The summed E-state index contributed by atoms with van der Waals surface area (Å²) in [6.45, 7) is 2.25. The van der Waals surface area contributed by atoms with Gasteiger partial charge in [0.25, 0.3) is 0 Å². The predicted molar refractivity (Wildman–Crippen MR) is 152 cm³/mol. The van der Waals surface area contributed by atoms with Gasteiger partial charge in [0, 0.05) is 36.8 Å². The molecule has 3 aliphatic heterocycles. The molecule has 8 heteroatoms. The molecule has 0 radical (unpaired) electrons. The lowest BCUT2D eigenvalue weighted by atomic mass is 9.81. The van der Waals surface area contributed by atoms with Crippen LogP contribution in [0.15, 0.2) is 66.7 Å². The Morgan fingerprint density at radius 3 is 2.66 bits per heavy atom. The van der Waals surface area contributed by atoms with Crippen molar-refractivity contribution in [2.75, 3.05) is 20.4 Å². The SMILES string of the molecule is COc1cc(-c2nc3ccccc3n2Cc2ccc(F)cc2)c2c(c1O)CN1CCc3cc4c(cc3C1C2)OCO4. The number of aromatic hydroxyl groups is 1. The van der Waals surface area contributed by atoms with E-state index in [4.69, 9.17) is 19.2 Å². The molecule has 8 rings (SSSR count). The average Bonchev–Trinajstić information content (AvgIpc) is 3.61. The van der Waals surface area contributed by atoms with Gasteiger partial charge in [-0.1, -0.05) is 24.3 Å². The summed E-state index contributed by atoms with van der Waals surface area (Å²) in [5.41, 5.74) is 8.22. The summed E-state index contributed by atoms with van der Waals surface area (Å²) in [6.07, 6.45) is 1.61. The second-order valence-corrected chi connectivity index (χ2v) is 10.9. The van der Waals surface area contributed by atoms with E-state index in [1.54, 1.807) is 7.11 Å². The Kier molecular flexibility index (Phi) is 5.47. The maximum atomic E-state index is 13.7. The van der Waals surface area contributed by atoms with Crippen LogP contribution in [-0.2, 0) is 25.9 Å². The number of nitrogens with zero attached hydrogens (tertiary/aromatic N) is 3. The molecule has 41 heavy (non-hydrogen) atoms. The van der Waals surface area contributed by atoms with E-state index in [9.17, 15) is 9.50 Å². The van der Waals surface area contributed by atoms with Crippen LogP contribution in [0.3, 0.4) is 0 Å². The number of ether oxygens (including phenoxy) is 3. The zero-order chi connectivity index (χ0) is 27.7. The number of phenolic OH excluding ortho intramolecular Hbond substituents is 1. The van der Waals surface area contributed by atoms with E-state index in [2.05, 4.69) is 27.7 Å². The lowest BCUT2D eigenvalue weighted by Crippen LogP contribution is -2.39. The van der Waals surface area contributed by atoms with Gasteiger partial charge in [-0.2, -0.15) is 0 Å². The van der Waals surface area contributed by atoms with E-state index >= 15 is 0 Å². The molecule has 1 N–H and O–H groups in total. The van der Waals surface area contributed by atoms with Crippen LogP contribution < -0.4 is 14.2 Å². The molecule has 4 heterocycles. The van der Waals surface area contributed by atoms with E-state index in [1.165, 1.54) is 23.3 Å². The predicted octanol–water partition coefficient (Wildman–Crippen LogP) is 5.99. The molecule has 1 aromatic heterocycles. The Bertz CT molecular complexity index is 1830. The van der Waals surface area contributed by atoms with E-state index in [1.807, 2.05) is 36.4 Å². The number of imidazole rings is 1. The maximum Gasteiger partial charge on any atom is 0.231 e. The van der Waals surface area contributed by atoms with Gasteiger partial charge in [-0.3, -0.25) is 4.90 Å². The largest absolute Gasteiger partial charge is 0.504 e. The molecular weight excluding hydrogens is 521 g/mol. The molecule has 0 spiro atoms. The summed E-state index contributed by atoms with van der Waals surface area (Å²) < 4.78 is 33.0. The third-order valence-electron chi connectivity index (χ3n) is 8.71. The molecule has 0 amide bonds. The summed E-state index contributed by atoms with van der Waals surface area (Å²) >= 11 is 0. The third kappa shape index (κ3) is 3.85. The van der Waals surface area contributed by atoms with E-state index in [-0.39, 0.29) is 24.4 Å². The molecule has 1 unspecified atom stereocenters. The molecule has 3 aliphatic rings.